The van der Waals surface area contributed by atoms with E-state index in [1.807, 2.05) is 0 Å². The van der Waals surface area contributed by atoms with Gasteiger partial charge in [-0.3, -0.25) is 0 Å². The fourth-order valence-electron chi connectivity index (χ4n) is 0.882. The van der Waals surface area contributed by atoms with Crippen molar-refractivity contribution in [3.63, 3.8) is 0 Å². The van der Waals surface area contributed by atoms with Crippen LogP contribution in [0.3, 0.4) is 0 Å². The predicted octanol–water partition coefficient (Wildman–Crippen LogP) is 3.29. The molecule has 1 heterocycles. The molecule has 0 fully saturated rings. The van der Waals surface area contributed by atoms with Gasteiger partial charge in [-0.05, 0) is 13.0 Å². The van der Waals surface area contributed by atoms with Crippen LogP contribution in [-0.2, 0) is 5.88 Å². The van der Waals surface area contributed by atoms with Gasteiger partial charge in [0.2, 0.25) is 0 Å². The summed E-state index contributed by atoms with van der Waals surface area (Å²) in [5.41, 5.74) is 0.0426. The topological polar surface area (TPSA) is 22.1 Å². The van der Waals surface area contributed by atoms with Gasteiger partial charge < -0.3 is 4.74 Å². The van der Waals surface area contributed by atoms with Crippen LogP contribution < -0.4 is 4.74 Å². The molecule has 0 aliphatic heterocycles. The minimum Gasteiger partial charge on any atom is -0.463 e. The lowest BCUT2D eigenvalue weighted by Crippen LogP contribution is -2.31. The fourth-order valence-corrected chi connectivity index (χ4v) is 1.09. The summed E-state index contributed by atoms with van der Waals surface area (Å²) in [6.07, 6.45) is -5.55. The molecule has 0 aromatic carbocycles. The summed E-state index contributed by atoms with van der Waals surface area (Å²) in [4.78, 5) is 3.38. The Hall–Kier alpha value is -1.04. The lowest BCUT2D eigenvalue weighted by Gasteiger charge is -2.17. The van der Waals surface area contributed by atoms with Crippen LogP contribution in [0.5, 0.6) is 5.88 Å². The third-order valence-corrected chi connectivity index (χ3v) is 2.12. The van der Waals surface area contributed by atoms with Crippen LogP contribution in [-0.4, -0.2) is 17.3 Å². The zero-order valence-corrected chi connectivity index (χ0v) is 8.94. The molecule has 2 nitrogen and oxygen atoms in total. The average molecular weight is 258 g/mol. The Kier molecular flexibility index (Phi) is 3.96. The molecular formula is C9H8ClF4NO. The van der Waals surface area contributed by atoms with Crippen LogP contribution in [0.2, 0.25) is 0 Å². The second kappa shape index (κ2) is 4.86. The highest BCUT2D eigenvalue weighted by atomic mass is 35.5. The van der Waals surface area contributed by atoms with Gasteiger partial charge in [0.05, 0.1) is 5.88 Å². The Morgan fingerprint density at radius 3 is 2.62 bits per heavy atom. The standard InChI is InChI=1S/C9H8ClF4NO/c1-5(9(12,13)14)16-8-7(11)6(4-10)2-3-15-8/h2-3,5H,4H2,1H3. The maximum Gasteiger partial charge on any atom is 0.425 e. The first kappa shape index (κ1) is 13.0. The lowest BCUT2D eigenvalue weighted by molar-refractivity contribution is -0.190. The van der Waals surface area contributed by atoms with E-state index >= 15 is 0 Å². The van der Waals surface area contributed by atoms with Crippen molar-refractivity contribution in [1.82, 2.24) is 4.98 Å². The van der Waals surface area contributed by atoms with E-state index in [9.17, 15) is 17.6 Å². The second-order valence-electron chi connectivity index (χ2n) is 3.02. The number of hydrogen-bond donors (Lipinski definition) is 0. The number of rotatable bonds is 3. The molecule has 0 aliphatic rings. The molecule has 0 N–H and O–H groups in total. The molecule has 1 rings (SSSR count). The molecule has 1 atom stereocenters. The summed E-state index contributed by atoms with van der Waals surface area (Å²) in [5, 5.41) is 0. The Morgan fingerprint density at radius 1 is 1.50 bits per heavy atom. The number of halogens is 5. The molecule has 1 unspecified atom stereocenters. The molecule has 90 valence electrons. The molecule has 0 radical (unpaired) electrons. The second-order valence-corrected chi connectivity index (χ2v) is 3.29. The predicted molar refractivity (Wildman–Crippen MR) is 49.9 cm³/mol. The molecule has 16 heavy (non-hydrogen) atoms. The summed E-state index contributed by atoms with van der Waals surface area (Å²) in [5.74, 6) is -1.82. The van der Waals surface area contributed by atoms with Crippen molar-refractivity contribution in [2.75, 3.05) is 0 Å². The Labute approximate surface area is 94.2 Å². The van der Waals surface area contributed by atoms with Gasteiger partial charge in [0, 0.05) is 11.8 Å². The van der Waals surface area contributed by atoms with E-state index in [1.165, 1.54) is 6.07 Å². The summed E-state index contributed by atoms with van der Waals surface area (Å²) in [7, 11) is 0. The van der Waals surface area contributed by atoms with Crippen LogP contribution >= 0.6 is 11.6 Å². The molecule has 1 aromatic heterocycles. The number of ether oxygens (including phenoxy) is 1. The monoisotopic (exact) mass is 257 g/mol. The summed E-state index contributed by atoms with van der Waals surface area (Å²) < 4.78 is 54.2. The van der Waals surface area contributed by atoms with Crippen molar-refractivity contribution in [2.45, 2.75) is 25.1 Å². The minimum absolute atomic E-state index is 0.0426. The van der Waals surface area contributed by atoms with Crippen molar-refractivity contribution in [3.8, 4) is 5.88 Å². The third-order valence-electron chi connectivity index (χ3n) is 1.83. The molecule has 0 spiro atoms. The van der Waals surface area contributed by atoms with E-state index in [0.29, 0.717) is 0 Å². The van der Waals surface area contributed by atoms with Crippen molar-refractivity contribution < 1.29 is 22.3 Å². The number of aromatic nitrogens is 1. The SMILES string of the molecule is CC(Oc1nccc(CCl)c1F)C(F)(F)F. The normalized spacial score (nSPS) is 13.6. The quantitative estimate of drug-likeness (QED) is 0.612. The summed E-state index contributed by atoms with van der Waals surface area (Å²) >= 11 is 5.39. The summed E-state index contributed by atoms with van der Waals surface area (Å²) in [6, 6.07) is 1.27. The third kappa shape index (κ3) is 2.98. The van der Waals surface area contributed by atoms with Gasteiger partial charge in [0.25, 0.3) is 5.88 Å². The Bertz CT molecular complexity index is 369. The van der Waals surface area contributed by atoms with E-state index in [1.54, 1.807) is 0 Å². The maximum atomic E-state index is 13.4. The Balaban J connectivity index is 2.90. The zero-order chi connectivity index (χ0) is 12.3. The van der Waals surface area contributed by atoms with Crippen LogP contribution in [0.1, 0.15) is 12.5 Å². The van der Waals surface area contributed by atoms with Crippen molar-refractivity contribution >= 4 is 11.6 Å². The van der Waals surface area contributed by atoms with Crippen molar-refractivity contribution in [1.29, 1.82) is 0 Å². The number of hydrogen-bond acceptors (Lipinski definition) is 2. The van der Waals surface area contributed by atoms with Crippen LogP contribution in [0, 0.1) is 5.82 Å². The average Bonchev–Trinajstić information content (AvgIpc) is 2.19. The minimum atomic E-state index is -4.56. The van der Waals surface area contributed by atoms with E-state index in [0.717, 1.165) is 13.1 Å². The van der Waals surface area contributed by atoms with Gasteiger partial charge in [0.1, 0.15) is 0 Å². The first-order valence-corrected chi connectivity index (χ1v) is 4.82. The van der Waals surface area contributed by atoms with Gasteiger partial charge in [0.15, 0.2) is 11.9 Å². The van der Waals surface area contributed by atoms with Gasteiger partial charge in [-0.1, -0.05) is 0 Å². The van der Waals surface area contributed by atoms with Crippen LogP contribution in [0.25, 0.3) is 0 Å². The van der Waals surface area contributed by atoms with Crippen molar-refractivity contribution in [3.05, 3.63) is 23.6 Å². The molecular weight excluding hydrogens is 250 g/mol. The highest BCUT2D eigenvalue weighted by Crippen LogP contribution is 2.26. The molecule has 1 aromatic rings. The smallest absolute Gasteiger partial charge is 0.425 e. The highest BCUT2D eigenvalue weighted by molar-refractivity contribution is 6.17. The summed E-state index contributed by atoms with van der Waals surface area (Å²) in [6.45, 7) is 0.772. The molecule has 7 heteroatoms. The largest absolute Gasteiger partial charge is 0.463 e. The van der Waals surface area contributed by atoms with Gasteiger partial charge in [-0.25, -0.2) is 9.37 Å². The van der Waals surface area contributed by atoms with Gasteiger partial charge >= 0.3 is 6.18 Å². The lowest BCUT2D eigenvalue weighted by atomic mass is 10.3. The first-order chi connectivity index (χ1) is 7.36. The maximum absolute atomic E-state index is 13.4. The van der Waals surface area contributed by atoms with Gasteiger partial charge in [-0.2, -0.15) is 13.2 Å². The number of pyridine rings is 1. The van der Waals surface area contributed by atoms with E-state index in [4.69, 9.17) is 11.6 Å². The fraction of sp³-hybridized carbons (Fsp3) is 0.444. The first-order valence-electron chi connectivity index (χ1n) is 4.29. The van der Waals surface area contributed by atoms with Crippen LogP contribution in [0.4, 0.5) is 17.6 Å². The van der Waals surface area contributed by atoms with E-state index < -0.39 is 24.0 Å². The van der Waals surface area contributed by atoms with E-state index in [2.05, 4.69) is 9.72 Å². The molecule has 0 bridgehead atoms. The zero-order valence-electron chi connectivity index (χ0n) is 8.18. The molecule has 0 amide bonds. The number of nitrogens with zero attached hydrogens (tertiary/aromatic N) is 1. The molecule has 0 aliphatic carbocycles. The van der Waals surface area contributed by atoms with Gasteiger partial charge in [-0.15, -0.1) is 11.6 Å². The number of alkyl halides is 4. The van der Waals surface area contributed by atoms with Crippen LogP contribution in [0.15, 0.2) is 12.3 Å². The van der Waals surface area contributed by atoms with E-state index in [-0.39, 0.29) is 11.4 Å². The Morgan fingerprint density at radius 2 is 2.12 bits per heavy atom. The molecule has 0 saturated heterocycles. The molecule has 0 saturated carbocycles. The highest BCUT2D eigenvalue weighted by Gasteiger charge is 2.38. The van der Waals surface area contributed by atoms with Crippen molar-refractivity contribution in [2.24, 2.45) is 0 Å².